The number of carboxylic acid groups (broad SMARTS) is 1. The number of rotatable bonds is 1. The maximum Gasteiger partial charge on any atom is 0.335 e. The van der Waals surface area contributed by atoms with Crippen LogP contribution in [0.3, 0.4) is 0 Å². The molecule has 0 aliphatic rings. The van der Waals surface area contributed by atoms with Crippen LogP contribution in [0.15, 0.2) is 17.0 Å². The molecule has 0 fully saturated rings. The van der Waals surface area contributed by atoms with Crippen molar-refractivity contribution in [3.8, 4) is 0 Å². The molecular weight excluding hydrogens is 219 g/mol. The molecule has 0 atom stereocenters. The molecule has 2 nitrogen and oxygen atoms in total. The minimum absolute atomic E-state index is 0.0581. The third kappa shape index (κ3) is 1.86. The Balaban J connectivity index is 3.31. The van der Waals surface area contributed by atoms with Crippen molar-refractivity contribution in [2.75, 3.05) is 0 Å². The summed E-state index contributed by atoms with van der Waals surface area (Å²) in [6.45, 7) is 0. The molecule has 5 heteroatoms. The second kappa shape index (κ2) is 3.56. The Labute approximate surface area is 84.5 Å². The molecule has 0 spiro atoms. The molecule has 12 heavy (non-hydrogen) atoms. The van der Waals surface area contributed by atoms with Crippen molar-refractivity contribution in [2.45, 2.75) is 4.90 Å². The molecule has 0 aromatic heterocycles. The van der Waals surface area contributed by atoms with Crippen LogP contribution in [-0.4, -0.2) is 11.1 Å². The number of thiol groups is 1. The van der Waals surface area contributed by atoms with Gasteiger partial charge in [-0.2, -0.15) is 0 Å². The lowest BCUT2D eigenvalue weighted by molar-refractivity contribution is 0.0697. The highest BCUT2D eigenvalue weighted by Crippen LogP contribution is 2.29. The minimum Gasteiger partial charge on any atom is -0.478 e. The zero-order valence-electron chi connectivity index (χ0n) is 5.71. The van der Waals surface area contributed by atoms with Crippen LogP contribution in [0.5, 0.6) is 0 Å². The highest BCUT2D eigenvalue weighted by Gasteiger charge is 2.08. The lowest BCUT2D eigenvalue weighted by Crippen LogP contribution is -1.95. The van der Waals surface area contributed by atoms with E-state index in [0.29, 0.717) is 4.90 Å². The van der Waals surface area contributed by atoms with E-state index in [9.17, 15) is 4.79 Å². The lowest BCUT2D eigenvalue weighted by Gasteiger charge is -2.01. The molecule has 1 aromatic rings. The summed E-state index contributed by atoms with van der Waals surface area (Å²) in [5.41, 5.74) is 0.0581. The van der Waals surface area contributed by atoms with Crippen LogP contribution in [-0.2, 0) is 0 Å². The Kier molecular flexibility index (Phi) is 2.88. The lowest BCUT2D eigenvalue weighted by atomic mass is 10.2. The standard InChI is InChI=1S/C7H4Cl2O2S/c8-4-1-3(7(10)11)2-5(9)6(4)12/h1-2,12H,(H,10,11). The highest BCUT2D eigenvalue weighted by atomic mass is 35.5. The van der Waals surface area contributed by atoms with E-state index < -0.39 is 5.97 Å². The van der Waals surface area contributed by atoms with Gasteiger partial charge in [-0.3, -0.25) is 0 Å². The van der Waals surface area contributed by atoms with E-state index in [2.05, 4.69) is 12.6 Å². The van der Waals surface area contributed by atoms with Crippen molar-refractivity contribution in [1.29, 1.82) is 0 Å². The smallest absolute Gasteiger partial charge is 0.335 e. The molecule has 0 heterocycles. The predicted molar refractivity (Wildman–Crippen MR) is 50.7 cm³/mol. The maximum atomic E-state index is 10.5. The van der Waals surface area contributed by atoms with E-state index in [4.69, 9.17) is 28.3 Å². The fourth-order valence-electron chi connectivity index (χ4n) is 0.689. The van der Waals surface area contributed by atoms with Crippen LogP contribution in [0.1, 0.15) is 10.4 Å². The van der Waals surface area contributed by atoms with Gasteiger partial charge in [0.2, 0.25) is 0 Å². The van der Waals surface area contributed by atoms with Gasteiger partial charge in [0.1, 0.15) is 0 Å². The van der Waals surface area contributed by atoms with Crippen molar-refractivity contribution in [3.63, 3.8) is 0 Å². The van der Waals surface area contributed by atoms with Crippen LogP contribution in [0.2, 0.25) is 10.0 Å². The average Bonchev–Trinajstić information content (AvgIpc) is 1.99. The summed E-state index contributed by atoms with van der Waals surface area (Å²) in [7, 11) is 0. The zero-order chi connectivity index (χ0) is 9.30. The summed E-state index contributed by atoms with van der Waals surface area (Å²) in [5, 5.41) is 9.06. The van der Waals surface area contributed by atoms with E-state index in [-0.39, 0.29) is 15.6 Å². The molecule has 64 valence electrons. The van der Waals surface area contributed by atoms with Crippen LogP contribution in [0, 0.1) is 0 Å². The van der Waals surface area contributed by atoms with Gasteiger partial charge >= 0.3 is 5.97 Å². The predicted octanol–water partition coefficient (Wildman–Crippen LogP) is 2.98. The topological polar surface area (TPSA) is 37.3 Å². The summed E-state index contributed by atoms with van der Waals surface area (Å²) in [5.74, 6) is -1.06. The Hall–Kier alpha value is -0.380. The first-order chi connectivity index (χ1) is 5.52. The van der Waals surface area contributed by atoms with Crippen LogP contribution >= 0.6 is 35.8 Å². The molecule has 0 unspecified atom stereocenters. The average molecular weight is 223 g/mol. The zero-order valence-corrected chi connectivity index (χ0v) is 8.12. The number of benzene rings is 1. The summed E-state index contributed by atoms with van der Waals surface area (Å²) < 4.78 is 0. The molecule has 0 amide bonds. The van der Waals surface area contributed by atoms with E-state index in [1.54, 1.807) is 0 Å². The summed E-state index contributed by atoms with van der Waals surface area (Å²) in [6.07, 6.45) is 0. The normalized spacial score (nSPS) is 9.92. The number of hydrogen-bond donors (Lipinski definition) is 2. The third-order valence-corrected chi connectivity index (χ3v) is 2.61. The molecule has 1 aromatic carbocycles. The van der Waals surface area contributed by atoms with Gasteiger partial charge in [-0.25, -0.2) is 4.79 Å². The van der Waals surface area contributed by atoms with Gasteiger partial charge in [-0.05, 0) is 12.1 Å². The molecular formula is C7H4Cl2O2S. The van der Waals surface area contributed by atoms with Gasteiger partial charge in [0, 0.05) is 4.90 Å². The minimum atomic E-state index is -1.06. The molecule has 1 rings (SSSR count). The first-order valence-electron chi connectivity index (χ1n) is 2.93. The Morgan fingerprint density at radius 1 is 1.33 bits per heavy atom. The molecule has 0 aliphatic carbocycles. The summed E-state index contributed by atoms with van der Waals surface area (Å²) in [4.78, 5) is 10.9. The molecule has 0 aliphatic heterocycles. The van der Waals surface area contributed by atoms with Crippen molar-refractivity contribution in [3.05, 3.63) is 27.7 Å². The fourth-order valence-corrected chi connectivity index (χ4v) is 1.31. The van der Waals surface area contributed by atoms with Gasteiger partial charge in [-0.15, -0.1) is 12.6 Å². The van der Waals surface area contributed by atoms with E-state index >= 15 is 0 Å². The molecule has 0 radical (unpaired) electrons. The maximum absolute atomic E-state index is 10.5. The Bertz CT molecular complexity index is 315. The second-order valence-electron chi connectivity index (χ2n) is 2.09. The van der Waals surface area contributed by atoms with Gasteiger partial charge in [0.15, 0.2) is 0 Å². The molecule has 0 saturated heterocycles. The molecule has 0 saturated carbocycles. The highest BCUT2D eigenvalue weighted by molar-refractivity contribution is 7.80. The van der Waals surface area contributed by atoms with Gasteiger partial charge in [-0.1, -0.05) is 23.2 Å². The van der Waals surface area contributed by atoms with Crippen LogP contribution in [0.25, 0.3) is 0 Å². The Morgan fingerprint density at radius 2 is 1.75 bits per heavy atom. The molecule has 0 bridgehead atoms. The number of aromatic carboxylic acids is 1. The third-order valence-electron chi connectivity index (χ3n) is 1.26. The largest absolute Gasteiger partial charge is 0.478 e. The first-order valence-corrected chi connectivity index (χ1v) is 4.14. The van der Waals surface area contributed by atoms with Crippen molar-refractivity contribution >= 4 is 41.8 Å². The van der Waals surface area contributed by atoms with E-state index in [0.717, 1.165) is 0 Å². The van der Waals surface area contributed by atoms with Crippen LogP contribution < -0.4 is 0 Å². The van der Waals surface area contributed by atoms with Gasteiger partial charge in [0.25, 0.3) is 0 Å². The van der Waals surface area contributed by atoms with Crippen molar-refractivity contribution in [1.82, 2.24) is 0 Å². The van der Waals surface area contributed by atoms with E-state index in [1.807, 2.05) is 0 Å². The van der Waals surface area contributed by atoms with Gasteiger partial charge in [0.05, 0.1) is 15.6 Å². The van der Waals surface area contributed by atoms with Crippen molar-refractivity contribution < 1.29 is 9.90 Å². The summed E-state index contributed by atoms with van der Waals surface area (Å²) in [6, 6.07) is 2.61. The quantitative estimate of drug-likeness (QED) is 0.718. The Morgan fingerprint density at radius 3 is 2.08 bits per heavy atom. The van der Waals surface area contributed by atoms with Gasteiger partial charge < -0.3 is 5.11 Å². The SMILES string of the molecule is O=C(O)c1cc(Cl)c(S)c(Cl)c1. The van der Waals surface area contributed by atoms with Crippen LogP contribution in [0.4, 0.5) is 0 Å². The second-order valence-corrected chi connectivity index (χ2v) is 3.36. The number of hydrogen-bond acceptors (Lipinski definition) is 2. The number of halogens is 2. The molecule has 1 N–H and O–H groups in total. The number of carboxylic acids is 1. The van der Waals surface area contributed by atoms with Crippen molar-refractivity contribution in [2.24, 2.45) is 0 Å². The summed E-state index contributed by atoms with van der Waals surface area (Å²) >= 11 is 15.2. The first kappa shape index (κ1) is 9.71. The monoisotopic (exact) mass is 222 g/mol. The van der Waals surface area contributed by atoms with E-state index in [1.165, 1.54) is 12.1 Å². The number of carbonyl (C=O) groups is 1. The fraction of sp³-hybridized carbons (Fsp3) is 0.